The molecule has 3 rings (SSSR count). The summed E-state index contributed by atoms with van der Waals surface area (Å²) in [5.74, 6) is 0.858. The van der Waals surface area contributed by atoms with Gasteiger partial charge in [0.2, 0.25) is 0 Å². The molecule has 4 nitrogen and oxygen atoms in total. The molecular formula is C12H14N4. The highest BCUT2D eigenvalue weighted by Crippen LogP contribution is 2.25. The predicted octanol–water partition coefficient (Wildman–Crippen LogP) is 1.45. The van der Waals surface area contributed by atoms with Crippen molar-refractivity contribution in [3.63, 3.8) is 0 Å². The summed E-state index contributed by atoms with van der Waals surface area (Å²) in [5.41, 5.74) is 8.55. The van der Waals surface area contributed by atoms with E-state index in [1.165, 1.54) is 0 Å². The molecule has 0 spiro atoms. The molecule has 0 saturated heterocycles. The van der Waals surface area contributed by atoms with Crippen LogP contribution in [0.25, 0.3) is 11.0 Å². The number of aromatic nitrogens is 2. The van der Waals surface area contributed by atoms with E-state index in [0.29, 0.717) is 6.04 Å². The molecule has 0 bridgehead atoms. The minimum Gasteiger partial charge on any atom is -0.364 e. The molecule has 4 heteroatoms. The average Bonchev–Trinajstić information content (AvgIpc) is 2.95. The smallest absolute Gasteiger partial charge is 0.148 e. The zero-order chi connectivity index (χ0) is 11.1. The Hall–Kier alpha value is -1.68. The molecule has 2 aromatic rings. The van der Waals surface area contributed by atoms with Gasteiger partial charge in [-0.25, -0.2) is 9.97 Å². The first kappa shape index (κ1) is 9.54. The summed E-state index contributed by atoms with van der Waals surface area (Å²) in [5, 5.41) is 3.33. The van der Waals surface area contributed by atoms with Crippen molar-refractivity contribution in [2.45, 2.75) is 25.4 Å². The van der Waals surface area contributed by atoms with Crippen LogP contribution in [-0.2, 0) is 0 Å². The van der Waals surface area contributed by atoms with Crippen LogP contribution < -0.4 is 11.1 Å². The lowest BCUT2D eigenvalue weighted by molar-refractivity contribution is 0.989. The van der Waals surface area contributed by atoms with Crippen molar-refractivity contribution in [2.24, 2.45) is 5.73 Å². The molecule has 1 saturated carbocycles. The number of nitrogens with two attached hydrogens (primary N) is 1. The normalized spacial score (nSPS) is 23.4. The Balaban J connectivity index is 2.00. The van der Waals surface area contributed by atoms with E-state index in [4.69, 9.17) is 5.73 Å². The average molecular weight is 214 g/mol. The highest BCUT2D eigenvalue weighted by atomic mass is 15.1. The first-order chi connectivity index (χ1) is 7.74. The number of hydrogen-bond donors (Lipinski definition) is 2. The lowest BCUT2D eigenvalue weighted by Crippen LogP contribution is -2.15. The number of anilines is 1. The number of nitrogens with zero attached hydrogens (tertiary/aromatic N) is 2. The minimum atomic E-state index is 0.271. The summed E-state index contributed by atoms with van der Waals surface area (Å²) < 4.78 is 0. The summed E-state index contributed by atoms with van der Waals surface area (Å²) in [6, 6.07) is 8.53. The summed E-state index contributed by atoms with van der Waals surface area (Å²) >= 11 is 0. The molecule has 1 heterocycles. The molecule has 1 aliphatic carbocycles. The number of rotatable bonds is 2. The Kier molecular flexibility index (Phi) is 2.04. The fourth-order valence-corrected chi connectivity index (χ4v) is 1.78. The second-order valence-corrected chi connectivity index (χ2v) is 4.30. The molecule has 3 N–H and O–H groups in total. The van der Waals surface area contributed by atoms with E-state index in [2.05, 4.69) is 15.3 Å². The number of hydrogen-bond acceptors (Lipinski definition) is 4. The number of para-hydroxylation sites is 2. The third-order valence-electron chi connectivity index (χ3n) is 2.91. The van der Waals surface area contributed by atoms with Crippen LogP contribution in [0.5, 0.6) is 0 Å². The molecule has 1 aromatic carbocycles. The number of nitrogens with one attached hydrogen (secondary N) is 1. The van der Waals surface area contributed by atoms with Gasteiger partial charge >= 0.3 is 0 Å². The summed E-state index contributed by atoms with van der Waals surface area (Å²) in [6.07, 6.45) is 1.02. The van der Waals surface area contributed by atoms with E-state index in [9.17, 15) is 0 Å². The van der Waals surface area contributed by atoms with Crippen LogP contribution in [-0.4, -0.2) is 22.1 Å². The first-order valence-corrected chi connectivity index (χ1v) is 5.49. The van der Waals surface area contributed by atoms with Gasteiger partial charge in [0, 0.05) is 12.1 Å². The quantitative estimate of drug-likeness (QED) is 0.794. The van der Waals surface area contributed by atoms with Crippen LogP contribution in [0.1, 0.15) is 12.1 Å². The van der Waals surface area contributed by atoms with Gasteiger partial charge in [0.25, 0.3) is 0 Å². The van der Waals surface area contributed by atoms with Crippen LogP contribution >= 0.6 is 0 Å². The van der Waals surface area contributed by atoms with Crippen LogP contribution in [0.4, 0.5) is 5.82 Å². The topological polar surface area (TPSA) is 63.8 Å². The van der Waals surface area contributed by atoms with E-state index in [-0.39, 0.29) is 6.04 Å². The van der Waals surface area contributed by atoms with E-state index in [1.54, 1.807) is 0 Å². The lowest BCUT2D eigenvalue weighted by Gasteiger charge is -2.08. The molecule has 0 radical (unpaired) electrons. The second kappa shape index (κ2) is 3.42. The lowest BCUT2D eigenvalue weighted by atomic mass is 10.3. The standard InChI is InChI=1S/C12H14N4/c1-7-12(16-11-6-8(11)13)15-10-5-3-2-4-9(10)14-7/h2-5,8,11H,6,13H2,1H3,(H,15,16). The zero-order valence-corrected chi connectivity index (χ0v) is 9.14. The molecule has 82 valence electrons. The van der Waals surface area contributed by atoms with Crippen molar-refractivity contribution >= 4 is 16.9 Å². The second-order valence-electron chi connectivity index (χ2n) is 4.30. The maximum Gasteiger partial charge on any atom is 0.148 e. The van der Waals surface area contributed by atoms with Crippen molar-refractivity contribution in [1.29, 1.82) is 0 Å². The van der Waals surface area contributed by atoms with Crippen molar-refractivity contribution < 1.29 is 0 Å². The van der Waals surface area contributed by atoms with Gasteiger partial charge < -0.3 is 11.1 Å². The summed E-state index contributed by atoms with van der Waals surface area (Å²) in [4.78, 5) is 9.08. The third kappa shape index (κ3) is 1.61. The minimum absolute atomic E-state index is 0.271. The van der Waals surface area contributed by atoms with Gasteiger partial charge in [-0.15, -0.1) is 0 Å². The van der Waals surface area contributed by atoms with Crippen LogP contribution in [0.3, 0.4) is 0 Å². The highest BCUT2D eigenvalue weighted by molar-refractivity contribution is 5.76. The molecule has 1 fully saturated rings. The summed E-state index contributed by atoms with van der Waals surface area (Å²) in [6.45, 7) is 1.97. The Morgan fingerprint density at radius 3 is 2.50 bits per heavy atom. The van der Waals surface area contributed by atoms with Crippen LogP contribution in [0.2, 0.25) is 0 Å². The monoisotopic (exact) mass is 214 g/mol. The molecule has 2 unspecified atom stereocenters. The van der Waals surface area contributed by atoms with Gasteiger partial charge in [0.05, 0.1) is 16.7 Å². The fourth-order valence-electron chi connectivity index (χ4n) is 1.78. The predicted molar refractivity (Wildman–Crippen MR) is 64.3 cm³/mol. The van der Waals surface area contributed by atoms with Gasteiger partial charge in [0.1, 0.15) is 5.82 Å². The van der Waals surface area contributed by atoms with Crippen molar-refractivity contribution in [3.05, 3.63) is 30.0 Å². The molecule has 0 aliphatic heterocycles. The first-order valence-electron chi connectivity index (χ1n) is 5.49. The maximum absolute atomic E-state index is 5.77. The van der Waals surface area contributed by atoms with Crippen molar-refractivity contribution in [2.75, 3.05) is 5.32 Å². The van der Waals surface area contributed by atoms with Gasteiger partial charge in [-0.05, 0) is 25.5 Å². The molecular weight excluding hydrogens is 200 g/mol. The van der Waals surface area contributed by atoms with E-state index >= 15 is 0 Å². The highest BCUT2D eigenvalue weighted by Gasteiger charge is 2.34. The van der Waals surface area contributed by atoms with Gasteiger partial charge in [-0.1, -0.05) is 12.1 Å². The van der Waals surface area contributed by atoms with E-state index in [1.807, 2.05) is 31.2 Å². The van der Waals surface area contributed by atoms with E-state index < -0.39 is 0 Å². The Labute approximate surface area is 93.9 Å². The Bertz CT molecular complexity index is 538. The molecule has 1 aromatic heterocycles. The number of aryl methyl sites for hydroxylation is 1. The fraction of sp³-hybridized carbons (Fsp3) is 0.333. The van der Waals surface area contributed by atoms with Gasteiger partial charge in [-0.2, -0.15) is 0 Å². The Morgan fingerprint density at radius 1 is 1.25 bits per heavy atom. The molecule has 0 amide bonds. The van der Waals surface area contributed by atoms with Crippen LogP contribution in [0.15, 0.2) is 24.3 Å². The van der Waals surface area contributed by atoms with Crippen LogP contribution in [0, 0.1) is 6.92 Å². The zero-order valence-electron chi connectivity index (χ0n) is 9.14. The molecule has 1 aliphatic rings. The van der Waals surface area contributed by atoms with Gasteiger partial charge in [0.15, 0.2) is 0 Å². The third-order valence-corrected chi connectivity index (χ3v) is 2.91. The summed E-state index contributed by atoms with van der Waals surface area (Å²) in [7, 11) is 0. The largest absolute Gasteiger partial charge is 0.364 e. The van der Waals surface area contributed by atoms with Gasteiger partial charge in [-0.3, -0.25) is 0 Å². The Morgan fingerprint density at radius 2 is 1.88 bits per heavy atom. The van der Waals surface area contributed by atoms with Crippen molar-refractivity contribution in [1.82, 2.24) is 9.97 Å². The maximum atomic E-state index is 5.77. The SMILES string of the molecule is Cc1nc2ccccc2nc1NC1CC1N. The van der Waals surface area contributed by atoms with Crippen molar-refractivity contribution in [3.8, 4) is 0 Å². The molecule has 2 atom stereocenters. The molecule has 16 heavy (non-hydrogen) atoms. The number of benzene rings is 1. The van der Waals surface area contributed by atoms with E-state index in [0.717, 1.165) is 29.0 Å². The number of fused-ring (bicyclic) bond motifs is 1.